The molecule has 0 bridgehead atoms. The fourth-order valence-corrected chi connectivity index (χ4v) is 2.29. The number of pyridine rings is 1. The Morgan fingerprint density at radius 2 is 1.81 bits per heavy atom. The van der Waals surface area contributed by atoms with E-state index in [9.17, 15) is 4.79 Å². The van der Waals surface area contributed by atoms with E-state index >= 15 is 0 Å². The Hall–Kier alpha value is -1.91. The lowest BCUT2D eigenvalue weighted by Crippen LogP contribution is -2.15. The van der Waals surface area contributed by atoms with Crippen LogP contribution >= 0.6 is 12.4 Å². The second-order valence-electron chi connectivity index (χ2n) is 4.97. The smallest absolute Gasteiger partial charge is 0.255 e. The number of anilines is 1. The van der Waals surface area contributed by atoms with E-state index in [0.29, 0.717) is 17.8 Å². The van der Waals surface area contributed by atoms with Crippen molar-refractivity contribution >= 4 is 24.0 Å². The molecule has 0 atom stereocenters. The van der Waals surface area contributed by atoms with Gasteiger partial charge in [0.05, 0.1) is 5.69 Å². The number of hydrogen-bond donors (Lipinski definition) is 2. The van der Waals surface area contributed by atoms with Crippen LogP contribution in [0.3, 0.4) is 0 Å². The third kappa shape index (κ3) is 4.03. The van der Waals surface area contributed by atoms with Crippen LogP contribution in [0.1, 0.15) is 32.7 Å². The van der Waals surface area contributed by atoms with Gasteiger partial charge in [-0.3, -0.25) is 9.78 Å². The van der Waals surface area contributed by atoms with Gasteiger partial charge in [-0.1, -0.05) is 17.7 Å². The molecule has 1 heterocycles. The third-order valence-corrected chi connectivity index (χ3v) is 3.20. The minimum Gasteiger partial charge on any atom is -0.325 e. The number of hydrogen-bond acceptors (Lipinski definition) is 3. The molecule has 21 heavy (non-hydrogen) atoms. The number of aromatic nitrogens is 1. The van der Waals surface area contributed by atoms with Gasteiger partial charge < -0.3 is 11.1 Å². The highest BCUT2D eigenvalue weighted by molar-refractivity contribution is 6.05. The van der Waals surface area contributed by atoms with E-state index in [2.05, 4.69) is 22.4 Å². The quantitative estimate of drug-likeness (QED) is 0.915. The monoisotopic (exact) mass is 305 g/mol. The number of rotatable bonds is 3. The lowest BCUT2D eigenvalue weighted by molar-refractivity contribution is 0.102. The number of nitrogens with one attached hydrogen (secondary N) is 1. The lowest BCUT2D eigenvalue weighted by Gasteiger charge is -2.13. The van der Waals surface area contributed by atoms with Gasteiger partial charge in [0.25, 0.3) is 5.91 Å². The van der Waals surface area contributed by atoms with Crippen molar-refractivity contribution in [1.29, 1.82) is 0 Å². The van der Waals surface area contributed by atoms with Crippen LogP contribution in [0.15, 0.2) is 30.5 Å². The highest BCUT2D eigenvalue weighted by Crippen LogP contribution is 2.22. The predicted molar refractivity (Wildman–Crippen MR) is 88.0 cm³/mol. The summed E-state index contributed by atoms with van der Waals surface area (Å²) in [5.74, 6) is -0.142. The van der Waals surface area contributed by atoms with Gasteiger partial charge >= 0.3 is 0 Å². The number of benzene rings is 1. The molecule has 0 aliphatic rings. The van der Waals surface area contributed by atoms with E-state index in [1.807, 2.05) is 20.8 Å². The van der Waals surface area contributed by atoms with Gasteiger partial charge in [0.15, 0.2) is 0 Å². The molecule has 0 fully saturated rings. The minimum absolute atomic E-state index is 0. The van der Waals surface area contributed by atoms with Crippen LogP contribution in [0.2, 0.25) is 0 Å². The maximum absolute atomic E-state index is 12.3. The molecule has 1 aromatic heterocycles. The van der Waals surface area contributed by atoms with E-state index in [-0.39, 0.29) is 18.3 Å². The Kier molecular flexibility index (Phi) is 5.88. The van der Waals surface area contributed by atoms with Gasteiger partial charge in [-0.05, 0) is 44.0 Å². The van der Waals surface area contributed by atoms with Gasteiger partial charge in [0.1, 0.15) is 0 Å². The summed E-state index contributed by atoms with van der Waals surface area (Å²) in [7, 11) is 0. The predicted octanol–water partition coefficient (Wildman–Crippen LogP) is 3.14. The standard InChI is InChI=1S/C16H19N3O.ClH/c1-10-6-11(2)15(12(3)7-10)19-16(20)13-4-5-18-14(8-13)9-17;/h4-8H,9,17H2,1-3H3,(H,19,20);1H. The van der Waals surface area contributed by atoms with Crippen LogP contribution in [0.25, 0.3) is 0 Å². The number of halogens is 1. The summed E-state index contributed by atoms with van der Waals surface area (Å²) < 4.78 is 0. The summed E-state index contributed by atoms with van der Waals surface area (Å²) in [6.45, 7) is 6.35. The zero-order chi connectivity index (χ0) is 14.7. The maximum atomic E-state index is 12.3. The maximum Gasteiger partial charge on any atom is 0.255 e. The molecular weight excluding hydrogens is 286 g/mol. The van der Waals surface area contributed by atoms with Gasteiger partial charge in [0.2, 0.25) is 0 Å². The Bertz CT molecular complexity index is 633. The molecule has 0 radical (unpaired) electrons. The molecule has 3 N–H and O–H groups in total. The number of nitrogens with zero attached hydrogens (tertiary/aromatic N) is 1. The summed E-state index contributed by atoms with van der Waals surface area (Å²) in [4.78, 5) is 16.4. The first-order valence-electron chi connectivity index (χ1n) is 6.55. The first kappa shape index (κ1) is 17.1. The van der Waals surface area contributed by atoms with Crippen molar-refractivity contribution < 1.29 is 4.79 Å². The first-order chi connectivity index (χ1) is 9.51. The fraction of sp³-hybridized carbons (Fsp3) is 0.250. The van der Waals surface area contributed by atoms with Crippen molar-refractivity contribution in [3.63, 3.8) is 0 Å². The SMILES string of the molecule is Cc1cc(C)c(NC(=O)c2ccnc(CN)c2)c(C)c1.Cl. The van der Waals surface area contributed by atoms with E-state index < -0.39 is 0 Å². The average Bonchev–Trinajstić information content (AvgIpc) is 2.42. The first-order valence-corrected chi connectivity index (χ1v) is 6.55. The van der Waals surface area contributed by atoms with Gasteiger partial charge in [-0.2, -0.15) is 0 Å². The molecule has 0 saturated carbocycles. The van der Waals surface area contributed by atoms with E-state index in [0.717, 1.165) is 16.8 Å². The van der Waals surface area contributed by atoms with Crippen LogP contribution in [-0.4, -0.2) is 10.9 Å². The van der Waals surface area contributed by atoms with Crippen LogP contribution in [-0.2, 0) is 6.54 Å². The van der Waals surface area contributed by atoms with E-state index in [1.165, 1.54) is 5.56 Å². The summed E-state index contributed by atoms with van der Waals surface area (Å²) in [5.41, 5.74) is 11.0. The molecule has 112 valence electrons. The third-order valence-electron chi connectivity index (χ3n) is 3.20. The van der Waals surface area contributed by atoms with Crippen LogP contribution in [0, 0.1) is 20.8 Å². The highest BCUT2D eigenvalue weighted by atomic mass is 35.5. The summed E-state index contributed by atoms with van der Waals surface area (Å²) in [6, 6.07) is 7.52. The number of carbonyl (C=O) groups excluding carboxylic acids is 1. The molecule has 0 unspecified atom stereocenters. The molecule has 1 aromatic carbocycles. The Balaban J connectivity index is 0.00000220. The number of aryl methyl sites for hydroxylation is 3. The van der Waals surface area contributed by atoms with Crippen LogP contribution in [0.5, 0.6) is 0 Å². The number of nitrogens with two attached hydrogens (primary N) is 1. The normalized spacial score (nSPS) is 9.90. The molecule has 2 aromatic rings. The van der Waals surface area contributed by atoms with E-state index in [1.54, 1.807) is 18.3 Å². The summed E-state index contributed by atoms with van der Waals surface area (Å²) >= 11 is 0. The van der Waals surface area contributed by atoms with Crippen molar-refractivity contribution in [2.45, 2.75) is 27.3 Å². The van der Waals surface area contributed by atoms with Crippen molar-refractivity contribution in [1.82, 2.24) is 4.98 Å². The van der Waals surface area contributed by atoms with Crippen LogP contribution in [0.4, 0.5) is 5.69 Å². The number of amides is 1. The second-order valence-corrected chi connectivity index (χ2v) is 4.97. The second kappa shape index (κ2) is 7.20. The average molecular weight is 306 g/mol. The lowest BCUT2D eigenvalue weighted by atomic mass is 10.0. The van der Waals surface area contributed by atoms with Gasteiger partial charge in [-0.15, -0.1) is 12.4 Å². The van der Waals surface area contributed by atoms with Gasteiger partial charge in [0, 0.05) is 24.0 Å². The van der Waals surface area contributed by atoms with Crippen molar-refractivity contribution in [3.8, 4) is 0 Å². The van der Waals surface area contributed by atoms with Crippen molar-refractivity contribution in [2.75, 3.05) is 5.32 Å². The molecule has 4 nitrogen and oxygen atoms in total. The molecule has 0 spiro atoms. The summed E-state index contributed by atoms with van der Waals surface area (Å²) in [5, 5.41) is 2.97. The Morgan fingerprint density at radius 3 is 2.38 bits per heavy atom. The highest BCUT2D eigenvalue weighted by Gasteiger charge is 2.10. The van der Waals surface area contributed by atoms with Crippen molar-refractivity contribution in [2.24, 2.45) is 5.73 Å². The van der Waals surface area contributed by atoms with Gasteiger partial charge in [-0.25, -0.2) is 0 Å². The zero-order valence-electron chi connectivity index (χ0n) is 12.4. The molecule has 1 amide bonds. The molecule has 0 aliphatic heterocycles. The Labute approximate surface area is 131 Å². The molecule has 2 rings (SSSR count). The topological polar surface area (TPSA) is 68.0 Å². The minimum atomic E-state index is -0.142. The van der Waals surface area contributed by atoms with Crippen molar-refractivity contribution in [3.05, 3.63) is 58.4 Å². The fourth-order valence-electron chi connectivity index (χ4n) is 2.29. The molecule has 0 aliphatic carbocycles. The molecular formula is C16H20ClN3O. The summed E-state index contributed by atoms with van der Waals surface area (Å²) in [6.07, 6.45) is 1.60. The molecule has 0 saturated heterocycles. The largest absolute Gasteiger partial charge is 0.325 e. The zero-order valence-corrected chi connectivity index (χ0v) is 13.3. The Morgan fingerprint density at radius 1 is 1.19 bits per heavy atom. The van der Waals surface area contributed by atoms with Crippen LogP contribution < -0.4 is 11.1 Å². The number of carbonyl (C=O) groups is 1. The van der Waals surface area contributed by atoms with E-state index in [4.69, 9.17) is 5.73 Å². The molecule has 5 heteroatoms.